The van der Waals surface area contributed by atoms with E-state index in [1.165, 1.54) is 0 Å². The molecule has 2 rings (SSSR count). The quantitative estimate of drug-likeness (QED) is 0.842. The standard InChI is InChI=1S/C12H21N3O2/c1-3-10(13)8(2)12-14-11(15-17-12)6-9-4-5-16-7-9/h8-10H,3-7,13H2,1-2H3. The van der Waals surface area contributed by atoms with E-state index < -0.39 is 0 Å². The lowest BCUT2D eigenvalue weighted by Crippen LogP contribution is -2.25. The molecule has 0 spiro atoms. The van der Waals surface area contributed by atoms with Gasteiger partial charge >= 0.3 is 0 Å². The minimum Gasteiger partial charge on any atom is -0.381 e. The van der Waals surface area contributed by atoms with Crippen molar-refractivity contribution < 1.29 is 9.26 Å². The van der Waals surface area contributed by atoms with Crippen molar-refractivity contribution in [3.63, 3.8) is 0 Å². The van der Waals surface area contributed by atoms with Crippen molar-refractivity contribution in [2.75, 3.05) is 13.2 Å². The van der Waals surface area contributed by atoms with E-state index in [-0.39, 0.29) is 12.0 Å². The second-order valence-electron chi connectivity index (χ2n) is 4.84. The van der Waals surface area contributed by atoms with Crippen molar-refractivity contribution in [2.45, 2.75) is 45.1 Å². The number of hydrogen-bond donors (Lipinski definition) is 1. The molecule has 3 atom stereocenters. The van der Waals surface area contributed by atoms with Crippen LogP contribution >= 0.6 is 0 Å². The van der Waals surface area contributed by atoms with Gasteiger partial charge in [-0.15, -0.1) is 0 Å². The van der Waals surface area contributed by atoms with Gasteiger partial charge in [-0.1, -0.05) is 19.0 Å². The summed E-state index contributed by atoms with van der Waals surface area (Å²) < 4.78 is 10.6. The normalized spacial score (nSPS) is 23.8. The molecule has 0 amide bonds. The highest BCUT2D eigenvalue weighted by molar-refractivity contribution is 4.97. The Balaban J connectivity index is 1.95. The van der Waals surface area contributed by atoms with Crippen molar-refractivity contribution in [2.24, 2.45) is 11.7 Å². The van der Waals surface area contributed by atoms with Crippen LogP contribution in [0.2, 0.25) is 0 Å². The number of nitrogens with two attached hydrogens (primary N) is 1. The Kier molecular flexibility index (Phi) is 4.12. The molecule has 1 aliphatic heterocycles. The second-order valence-corrected chi connectivity index (χ2v) is 4.84. The third-order valence-electron chi connectivity index (χ3n) is 3.48. The van der Waals surface area contributed by atoms with Crippen LogP contribution in [0.4, 0.5) is 0 Å². The SMILES string of the molecule is CCC(N)C(C)c1nc(CC2CCOC2)no1. The Bertz CT molecular complexity index is 347. The molecule has 0 bridgehead atoms. The fraction of sp³-hybridized carbons (Fsp3) is 0.833. The fourth-order valence-electron chi connectivity index (χ4n) is 2.07. The second kappa shape index (κ2) is 5.60. The van der Waals surface area contributed by atoms with Gasteiger partial charge in [-0.3, -0.25) is 0 Å². The van der Waals surface area contributed by atoms with Gasteiger partial charge in [-0.05, 0) is 18.8 Å². The molecule has 1 aromatic rings. The first kappa shape index (κ1) is 12.5. The number of ether oxygens (including phenoxy) is 1. The van der Waals surface area contributed by atoms with Gasteiger partial charge in [0, 0.05) is 25.7 Å². The first-order valence-electron chi connectivity index (χ1n) is 6.36. The molecule has 17 heavy (non-hydrogen) atoms. The minimum atomic E-state index is 0.0816. The largest absolute Gasteiger partial charge is 0.381 e. The lowest BCUT2D eigenvalue weighted by Gasteiger charge is -2.13. The molecule has 1 saturated heterocycles. The molecular weight excluding hydrogens is 218 g/mol. The monoisotopic (exact) mass is 239 g/mol. The lowest BCUT2D eigenvalue weighted by atomic mass is 10.0. The molecular formula is C12H21N3O2. The van der Waals surface area contributed by atoms with Crippen molar-refractivity contribution >= 4 is 0 Å². The van der Waals surface area contributed by atoms with Gasteiger partial charge in [0.2, 0.25) is 5.89 Å². The van der Waals surface area contributed by atoms with E-state index in [1.54, 1.807) is 0 Å². The van der Waals surface area contributed by atoms with Gasteiger partial charge in [0.1, 0.15) is 0 Å². The first-order valence-corrected chi connectivity index (χ1v) is 6.36. The zero-order valence-electron chi connectivity index (χ0n) is 10.6. The molecule has 0 saturated carbocycles. The number of hydrogen-bond acceptors (Lipinski definition) is 5. The predicted octanol–water partition coefficient (Wildman–Crippen LogP) is 1.49. The van der Waals surface area contributed by atoms with Crippen LogP contribution < -0.4 is 5.73 Å². The molecule has 0 aliphatic carbocycles. The van der Waals surface area contributed by atoms with Crippen LogP contribution in [-0.4, -0.2) is 29.4 Å². The van der Waals surface area contributed by atoms with Crippen LogP contribution in [0.25, 0.3) is 0 Å². The van der Waals surface area contributed by atoms with Gasteiger partial charge in [0.05, 0.1) is 5.92 Å². The summed E-state index contributed by atoms with van der Waals surface area (Å²) in [6.07, 6.45) is 2.85. The van der Waals surface area contributed by atoms with Gasteiger partial charge in [-0.25, -0.2) is 0 Å². The smallest absolute Gasteiger partial charge is 0.231 e. The Morgan fingerprint density at radius 2 is 2.35 bits per heavy atom. The molecule has 5 nitrogen and oxygen atoms in total. The fourth-order valence-corrected chi connectivity index (χ4v) is 2.07. The Morgan fingerprint density at radius 3 is 3.00 bits per heavy atom. The summed E-state index contributed by atoms with van der Waals surface area (Å²) in [6, 6.07) is 0.0816. The number of rotatable bonds is 5. The van der Waals surface area contributed by atoms with E-state index >= 15 is 0 Å². The topological polar surface area (TPSA) is 74.2 Å². The van der Waals surface area contributed by atoms with Crippen molar-refractivity contribution in [1.29, 1.82) is 0 Å². The average molecular weight is 239 g/mol. The molecule has 3 unspecified atom stereocenters. The molecule has 96 valence electrons. The Hall–Kier alpha value is -0.940. The third kappa shape index (κ3) is 3.04. The third-order valence-corrected chi connectivity index (χ3v) is 3.48. The highest BCUT2D eigenvalue weighted by atomic mass is 16.5. The number of nitrogens with zero attached hydrogens (tertiary/aromatic N) is 2. The molecule has 1 aromatic heterocycles. The lowest BCUT2D eigenvalue weighted by molar-refractivity contribution is 0.185. The zero-order chi connectivity index (χ0) is 12.3. The van der Waals surface area contributed by atoms with Gasteiger partial charge < -0.3 is 15.0 Å². The van der Waals surface area contributed by atoms with Crippen LogP contribution in [0.5, 0.6) is 0 Å². The maximum atomic E-state index is 5.97. The maximum Gasteiger partial charge on any atom is 0.231 e. The van der Waals surface area contributed by atoms with Crippen LogP contribution in [0.3, 0.4) is 0 Å². The Labute approximate surface area is 102 Å². The van der Waals surface area contributed by atoms with Crippen LogP contribution in [0, 0.1) is 5.92 Å². The van der Waals surface area contributed by atoms with E-state index in [0.29, 0.717) is 11.8 Å². The maximum absolute atomic E-state index is 5.97. The highest BCUT2D eigenvalue weighted by Crippen LogP contribution is 2.20. The van der Waals surface area contributed by atoms with Crippen molar-refractivity contribution in [3.8, 4) is 0 Å². The molecule has 0 radical (unpaired) electrons. The summed E-state index contributed by atoms with van der Waals surface area (Å²) in [4.78, 5) is 4.43. The Morgan fingerprint density at radius 1 is 1.53 bits per heavy atom. The van der Waals surface area contributed by atoms with E-state index in [0.717, 1.165) is 38.3 Å². The first-order chi connectivity index (χ1) is 8.20. The van der Waals surface area contributed by atoms with E-state index in [4.69, 9.17) is 15.0 Å². The molecule has 1 aliphatic rings. The molecule has 1 fully saturated rings. The minimum absolute atomic E-state index is 0.0816. The molecule has 2 N–H and O–H groups in total. The van der Waals surface area contributed by atoms with Crippen LogP contribution in [-0.2, 0) is 11.2 Å². The van der Waals surface area contributed by atoms with Crippen LogP contribution in [0.15, 0.2) is 4.52 Å². The highest BCUT2D eigenvalue weighted by Gasteiger charge is 2.22. The summed E-state index contributed by atoms with van der Waals surface area (Å²) in [7, 11) is 0. The van der Waals surface area contributed by atoms with E-state index in [1.807, 2.05) is 6.92 Å². The summed E-state index contributed by atoms with van der Waals surface area (Å²) in [5.41, 5.74) is 5.97. The summed E-state index contributed by atoms with van der Waals surface area (Å²) in [5.74, 6) is 2.11. The average Bonchev–Trinajstić information content (AvgIpc) is 2.99. The van der Waals surface area contributed by atoms with Gasteiger partial charge in [-0.2, -0.15) is 4.98 Å². The summed E-state index contributed by atoms with van der Waals surface area (Å²) in [5, 5.41) is 4.02. The van der Waals surface area contributed by atoms with Gasteiger partial charge in [0.25, 0.3) is 0 Å². The molecule has 0 aromatic carbocycles. The van der Waals surface area contributed by atoms with Crippen LogP contribution in [0.1, 0.15) is 44.3 Å². The molecule has 5 heteroatoms. The van der Waals surface area contributed by atoms with Crippen molar-refractivity contribution in [3.05, 3.63) is 11.7 Å². The van der Waals surface area contributed by atoms with Crippen molar-refractivity contribution in [1.82, 2.24) is 10.1 Å². The predicted molar refractivity (Wildman–Crippen MR) is 63.6 cm³/mol. The van der Waals surface area contributed by atoms with E-state index in [9.17, 15) is 0 Å². The summed E-state index contributed by atoms with van der Waals surface area (Å²) in [6.45, 7) is 5.76. The summed E-state index contributed by atoms with van der Waals surface area (Å²) >= 11 is 0. The van der Waals surface area contributed by atoms with Gasteiger partial charge in [0.15, 0.2) is 5.82 Å². The zero-order valence-corrected chi connectivity index (χ0v) is 10.6. The molecule has 2 heterocycles. The number of aromatic nitrogens is 2. The van der Waals surface area contributed by atoms with E-state index in [2.05, 4.69) is 17.1 Å².